The zero-order chi connectivity index (χ0) is 9.83. The van der Waals surface area contributed by atoms with E-state index in [1.807, 2.05) is 0 Å². The monoisotopic (exact) mass is 208 g/mol. The van der Waals surface area contributed by atoms with Gasteiger partial charge in [0.15, 0.2) is 0 Å². The van der Waals surface area contributed by atoms with E-state index in [0.29, 0.717) is 0 Å². The molecule has 0 N–H and O–H groups in total. The first-order chi connectivity index (χ1) is 5.27. The molecule has 0 aliphatic carbocycles. The molecule has 0 aliphatic heterocycles. The van der Waals surface area contributed by atoms with Gasteiger partial charge in [0.25, 0.3) is 0 Å². The lowest BCUT2D eigenvalue weighted by Gasteiger charge is -2.05. The minimum atomic E-state index is -4.43. The normalized spacial score (nSPS) is 13.3. The third kappa shape index (κ3) is 6.38. The second-order valence-corrected chi connectivity index (χ2v) is 3.15. The van der Waals surface area contributed by atoms with E-state index >= 15 is 0 Å². The van der Waals surface area contributed by atoms with Crippen LogP contribution in [0.5, 0.6) is 0 Å². The highest BCUT2D eigenvalue weighted by molar-refractivity contribution is 7.81. The number of hydrogen-bond acceptors (Lipinski definition) is 4. The molecule has 0 rings (SSSR count). The fourth-order valence-electron chi connectivity index (χ4n) is 0.308. The van der Waals surface area contributed by atoms with Crippen molar-refractivity contribution in [1.82, 2.24) is 0 Å². The van der Waals surface area contributed by atoms with E-state index < -0.39 is 29.6 Å². The number of rotatable bonds is 4. The van der Waals surface area contributed by atoms with Gasteiger partial charge in [-0.25, -0.2) is 4.18 Å². The van der Waals surface area contributed by atoms with Crippen LogP contribution < -0.4 is 0 Å². The van der Waals surface area contributed by atoms with Crippen LogP contribution >= 0.6 is 0 Å². The number of halogens is 3. The van der Waals surface area contributed by atoms with Crippen molar-refractivity contribution >= 4 is 10.4 Å². The molecule has 12 heavy (non-hydrogen) atoms. The van der Waals surface area contributed by atoms with Crippen LogP contribution in [-0.4, -0.2) is 28.3 Å². The molecule has 0 fully saturated rings. The number of hydrogen-bond donors (Lipinski definition) is 0. The molecule has 0 aromatic carbocycles. The second kappa shape index (κ2) is 4.06. The van der Waals surface area contributed by atoms with E-state index in [9.17, 15) is 21.6 Å². The van der Waals surface area contributed by atoms with Gasteiger partial charge in [-0.2, -0.15) is 21.6 Å². The van der Waals surface area contributed by atoms with Gasteiger partial charge in [-0.15, -0.1) is 0 Å². The SMILES string of the molecule is COS(=O)(=O)OCCC(F)(F)F. The largest absolute Gasteiger partial charge is 0.399 e. The zero-order valence-corrected chi connectivity index (χ0v) is 6.91. The topological polar surface area (TPSA) is 52.6 Å². The molecular formula is C4H7F3O4S. The summed E-state index contributed by atoms with van der Waals surface area (Å²) in [7, 11) is -3.45. The Bertz CT molecular complexity index is 219. The molecule has 0 aromatic rings. The zero-order valence-electron chi connectivity index (χ0n) is 6.09. The van der Waals surface area contributed by atoms with Gasteiger partial charge >= 0.3 is 16.6 Å². The molecule has 4 nitrogen and oxygen atoms in total. The predicted molar refractivity (Wildman–Crippen MR) is 32.6 cm³/mol. The van der Waals surface area contributed by atoms with Gasteiger partial charge in [0.05, 0.1) is 20.1 Å². The van der Waals surface area contributed by atoms with Gasteiger partial charge < -0.3 is 0 Å². The van der Waals surface area contributed by atoms with Gasteiger partial charge in [-0.3, -0.25) is 4.18 Å². The Morgan fingerprint density at radius 2 is 1.83 bits per heavy atom. The standard InChI is InChI=1S/C4H7F3O4S/c1-10-12(8,9)11-3-2-4(5,6)7/h2-3H2,1H3. The van der Waals surface area contributed by atoms with Crippen LogP contribution in [0, 0.1) is 0 Å². The highest BCUT2D eigenvalue weighted by atomic mass is 32.3. The molecule has 0 amide bonds. The van der Waals surface area contributed by atoms with Crippen molar-refractivity contribution in [2.75, 3.05) is 13.7 Å². The lowest BCUT2D eigenvalue weighted by Crippen LogP contribution is -2.15. The summed E-state index contributed by atoms with van der Waals surface area (Å²) in [6, 6.07) is 0. The molecule has 0 aromatic heterocycles. The molecule has 0 radical (unpaired) electrons. The quantitative estimate of drug-likeness (QED) is 0.687. The van der Waals surface area contributed by atoms with Crippen molar-refractivity contribution in [3.05, 3.63) is 0 Å². The van der Waals surface area contributed by atoms with Crippen molar-refractivity contribution in [2.24, 2.45) is 0 Å². The van der Waals surface area contributed by atoms with Crippen LogP contribution in [-0.2, 0) is 18.8 Å². The first kappa shape index (κ1) is 11.7. The van der Waals surface area contributed by atoms with Gasteiger partial charge in [0.1, 0.15) is 0 Å². The highest BCUT2D eigenvalue weighted by Gasteiger charge is 2.27. The molecule has 74 valence electrons. The average Bonchev–Trinajstić information content (AvgIpc) is 1.84. The van der Waals surface area contributed by atoms with Crippen molar-refractivity contribution in [3.8, 4) is 0 Å². The summed E-state index contributed by atoms with van der Waals surface area (Å²) in [6.07, 6.45) is -5.75. The fraction of sp³-hybridized carbons (Fsp3) is 1.00. The maximum absolute atomic E-state index is 11.4. The molecule has 0 unspecified atom stereocenters. The van der Waals surface area contributed by atoms with Gasteiger partial charge in [-0.1, -0.05) is 0 Å². The molecule has 0 atom stereocenters. The smallest absolute Gasteiger partial charge is 0.252 e. The maximum Gasteiger partial charge on any atom is 0.399 e. The third-order valence-corrected chi connectivity index (χ3v) is 1.68. The molecule has 0 aliphatic rings. The van der Waals surface area contributed by atoms with Crippen LogP contribution in [0.2, 0.25) is 0 Å². The fourth-order valence-corrected chi connectivity index (χ4v) is 0.691. The van der Waals surface area contributed by atoms with Gasteiger partial charge in [0.2, 0.25) is 0 Å². The van der Waals surface area contributed by atoms with Crippen molar-refractivity contribution in [3.63, 3.8) is 0 Å². The third-order valence-electron chi connectivity index (χ3n) is 0.817. The van der Waals surface area contributed by atoms with Crippen LogP contribution in [0.4, 0.5) is 13.2 Å². The first-order valence-electron chi connectivity index (χ1n) is 2.78. The van der Waals surface area contributed by atoms with E-state index in [4.69, 9.17) is 0 Å². The first-order valence-corrected chi connectivity index (χ1v) is 4.12. The Hall–Kier alpha value is -0.340. The Balaban J connectivity index is 3.73. The van der Waals surface area contributed by atoms with E-state index in [2.05, 4.69) is 8.37 Å². The van der Waals surface area contributed by atoms with E-state index in [-0.39, 0.29) is 0 Å². The van der Waals surface area contributed by atoms with Crippen LogP contribution in [0.3, 0.4) is 0 Å². The lowest BCUT2D eigenvalue weighted by atomic mass is 10.5. The summed E-state index contributed by atoms with van der Waals surface area (Å²) in [5.41, 5.74) is 0. The Kier molecular flexibility index (Phi) is 3.94. The summed E-state index contributed by atoms with van der Waals surface area (Å²) in [5.74, 6) is 0. The van der Waals surface area contributed by atoms with Crippen LogP contribution in [0.25, 0.3) is 0 Å². The molecule has 0 spiro atoms. The van der Waals surface area contributed by atoms with E-state index in [1.165, 1.54) is 0 Å². The predicted octanol–water partition coefficient (Wildman–Crippen LogP) is 0.847. The van der Waals surface area contributed by atoms with E-state index in [0.717, 1.165) is 7.11 Å². The van der Waals surface area contributed by atoms with Gasteiger partial charge in [-0.05, 0) is 0 Å². The summed E-state index contributed by atoms with van der Waals surface area (Å²) >= 11 is 0. The van der Waals surface area contributed by atoms with Crippen molar-refractivity contribution in [2.45, 2.75) is 12.6 Å². The van der Waals surface area contributed by atoms with Crippen molar-refractivity contribution in [1.29, 1.82) is 0 Å². The number of alkyl halides is 3. The summed E-state index contributed by atoms with van der Waals surface area (Å²) in [5, 5.41) is 0. The highest BCUT2D eigenvalue weighted by Crippen LogP contribution is 2.19. The van der Waals surface area contributed by atoms with Crippen molar-refractivity contribution < 1.29 is 30.0 Å². The van der Waals surface area contributed by atoms with Crippen LogP contribution in [0.15, 0.2) is 0 Å². The van der Waals surface area contributed by atoms with E-state index in [1.54, 1.807) is 0 Å². The Morgan fingerprint density at radius 1 is 1.33 bits per heavy atom. The second-order valence-electron chi connectivity index (χ2n) is 1.76. The van der Waals surface area contributed by atoms with Crippen LogP contribution in [0.1, 0.15) is 6.42 Å². The molecular weight excluding hydrogens is 201 g/mol. The Labute approximate surface area is 67.6 Å². The molecule has 0 saturated carbocycles. The molecule has 0 bridgehead atoms. The minimum Gasteiger partial charge on any atom is -0.252 e. The summed E-state index contributed by atoms with van der Waals surface area (Å²) in [6.45, 7) is -0.959. The summed E-state index contributed by atoms with van der Waals surface area (Å²) in [4.78, 5) is 0. The average molecular weight is 208 g/mol. The van der Waals surface area contributed by atoms with Gasteiger partial charge in [0, 0.05) is 0 Å². The Morgan fingerprint density at radius 3 is 2.17 bits per heavy atom. The summed E-state index contributed by atoms with van der Waals surface area (Å²) < 4.78 is 62.3. The minimum absolute atomic E-state index is 0.795. The molecule has 8 heteroatoms. The lowest BCUT2D eigenvalue weighted by molar-refractivity contribution is -0.139. The molecule has 0 heterocycles. The maximum atomic E-state index is 11.4. The molecule has 0 saturated heterocycles.